The molecule has 3 nitrogen and oxygen atoms in total. The molecule has 3 rings (SSSR count). The zero-order valence-electron chi connectivity index (χ0n) is 18.4. The van der Waals surface area contributed by atoms with Crippen LogP contribution in [0, 0.1) is 5.92 Å². The van der Waals surface area contributed by atoms with Crippen molar-refractivity contribution < 1.29 is 0 Å². The smallest absolute Gasteiger partial charge is 0.0366 e. The van der Waals surface area contributed by atoms with Gasteiger partial charge in [0.2, 0.25) is 0 Å². The van der Waals surface area contributed by atoms with Gasteiger partial charge in [0.1, 0.15) is 0 Å². The van der Waals surface area contributed by atoms with Crippen LogP contribution in [0.15, 0.2) is 30.3 Å². The minimum Gasteiger partial charge on any atom is -0.371 e. The molecule has 0 radical (unpaired) electrons. The number of nitrogens with one attached hydrogen (secondary N) is 1. The first kappa shape index (κ1) is 24.9. The average Bonchev–Trinajstić information content (AvgIpc) is 2.73. The molecule has 2 aliphatic heterocycles. The van der Waals surface area contributed by atoms with E-state index < -0.39 is 0 Å². The summed E-state index contributed by atoms with van der Waals surface area (Å²) in [6.07, 6.45) is 3.99. The highest BCUT2D eigenvalue weighted by Gasteiger charge is 2.22. The molecule has 1 atom stereocenters. The normalized spacial score (nSPS) is 19.8. The maximum absolute atomic E-state index is 3.43. The van der Waals surface area contributed by atoms with E-state index in [1.54, 1.807) is 0 Å². The molecule has 0 saturated carbocycles. The molecule has 26 heavy (non-hydrogen) atoms. The second-order valence-electron chi connectivity index (χ2n) is 6.55. The molecular formula is C23H45N3. The number of para-hydroxylation sites is 1. The third kappa shape index (κ3) is 10.2. The zero-order chi connectivity index (χ0) is 19.6. The molecule has 1 aromatic carbocycles. The van der Waals surface area contributed by atoms with Crippen LogP contribution < -0.4 is 10.2 Å². The Morgan fingerprint density at radius 3 is 2.08 bits per heavy atom. The number of hydrogen-bond acceptors (Lipinski definition) is 3. The van der Waals surface area contributed by atoms with E-state index in [0.29, 0.717) is 0 Å². The van der Waals surface area contributed by atoms with Crippen LogP contribution in [0.2, 0.25) is 0 Å². The average molecular weight is 364 g/mol. The zero-order valence-corrected chi connectivity index (χ0v) is 18.4. The lowest BCUT2D eigenvalue weighted by Crippen LogP contribution is -2.48. The Labute approximate surface area is 164 Å². The second kappa shape index (κ2) is 17.4. The molecule has 0 bridgehead atoms. The molecule has 0 amide bonds. The van der Waals surface area contributed by atoms with Crippen LogP contribution >= 0.6 is 0 Å². The van der Waals surface area contributed by atoms with Crippen LogP contribution in [-0.2, 0) is 0 Å². The molecule has 2 heterocycles. The number of hydrogen-bond donors (Lipinski definition) is 1. The van der Waals surface area contributed by atoms with Crippen molar-refractivity contribution in [1.29, 1.82) is 0 Å². The van der Waals surface area contributed by atoms with Crippen LogP contribution in [0.3, 0.4) is 0 Å². The van der Waals surface area contributed by atoms with Crippen molar-refractivity contribution in [2.24, 2.45) is 5.92 Å². The molecule has 1 aromatic rings. The number of benzene rings is 1. The standard InChI is InChI=1S/C16H25N3.C3H8.2C2H6/c1-2-6-16(7-3-1)19-10-4-5-15(14-19)13-18-11-8-17-9-12-18;1-3-2;2*1-2/h1-3,6-7,15,17H,4-5,8-14H2;3H2,1-2H3;2*1-2H3. The summed E-state index contributed by atoms with van der Waals surface area (Å²) in [4.78, 5) is 5.20. The topological polar surface area (TPSA) is 18.5 Å². The predicted molar refractivity (Wildman–Crippen MR) is 119 cm³/mol. The van der Waals surface area contributed by atoms with Crippen molar-refractivity contribution in [2.75, 3.05) is 50.7 Å². The van der Waals surface area contributed by atoms with Crippen LogP contribution in [0.25, 0.3) is 0 Å². The summed E-state index contributed by atoms with van der Waals surface area (Å²) < 4.78 is 0. The quantitative estimate of drug-likeness (QED) is 0.788. The second-order valence-corrected chi connectivity index (χ2v) is 6.55. The number of piperidine rings is 1. The first-order valence-electron chi connectivity index (χ1n) is 11.1. The van der Waals surface area contributed by atoms with Gasteiger partial charge in [0.15, 0.2) is 0 Å². The fraction of sp³-hybridized carbons (Fsp3) is 0.739. The largest absolute Gasteiger partial charge is 0.371 e. The molecule has 0 spiro atoms. The summed E-state index contributed by atoms with van der Waals surface area (Å²) in [6, 6.07) is 10.9. The van der Waals surface area contributed by atoms with E-state index in [9.17, 15) is 0 Å². The lowest BCUT2D eigenvalue weighted by molar-refractivity contribution is 0.194. The van der Waals surface area contributed by atoms with Gasteiger partial charge in [0.25, 0.3) is 0 Å². The Kier molecular flexibility index (Phi) is 16.7. The van der Waals surface area contributed by atoms with Gasteiger partial charge in [-0.3, -0.25) is 0 Å². The molecule has 3 heteroatoms. The molecule has 2 aliphatic rings. The minimum atomic E-state index is 0.840. The molecule has 2 saturated heterocycles. The summed E-state index contributed by atoms with van der Waals surface area (Å²) in [5, 5.41) is 3.43. The van der Waals surface area contributed by atoms with Crippen molar-refractivity contribution in [3.63, 3.8) is 0 Å². The lowest BCUT2D eigenvalue weighted by Gasteiger charge is -2.38. The maximum Gasteiger partial charge on any atom is 0.0366 e. The van der Waals surface area contributed by atoms with Gasteiger partial charge < -0.3 is 15.1 Å². The Bertz CT molecular complexity index is 388. The highest BCUT2D eigenvalue weighted by atomic mass is 15.2. The molecule has 0 aromatic heterocycles. The van der Waals surface area contributed by atoms with Gasteiger partial charge in [0.05, 0.1) is 0 Å². The first-order chi connectivity index (χ1) is 12.8. The minimum absolute atomic E-state index is 0.840. The van der Waals surface area contributed by atoms with E-state index in [1.807, 2.05) is 27.7 Å². The van der Waals surface area contributed by atoms with E-state index >= 15 is 0 Å². The van der Waals surface area contributed by atoms with E-state index in [-0.39, 0.29) is 0 Å². The summed E-state index contributed by atoms with van der Waals surface area (Å²) in [5.41, 5.74) is 1.40. The summed E-state index contributed by atoms with van der Waals surface area (Å²) in [5.74, 6) is 0.840. The lowest BCUT2D eigenvalue weighted by atomic mass is 9.96. The van der Waals surface area contributed by atoms with E-state index in [2.05, 4.69) is 59.3 Å². The van der Waals surface area contributed by atoms with Crippen molar-refractivity contribution in [3.8, 4) is 0 Å². The fourth-order valence-corrected chi connectivity index (χ4v) is 3.35. The third-order valence-corrected chi connectivity index (χ3v) is 4.37. The third-order valence-electron chi connectivity index (χ3n) is 4.37. The highest BCUT2D eigenvalue weighted by molar-refractivity contribution is 5.46. The Hall–Kier alpha value is -1.06. The Morgan fingerprint density at radius 2 is 1.50 bits per heavy atom. The van der Waals surface area contributed by atoms with E-state index in [1.165, 1.54) is 57.7 Å². The van der Waals surface area contributed by atoms with Crippen LogP contribution in [-0.4, -0.2) is 50.7 Å². The number of anilines is 1. The number of nitrogens with zero attached hydrogens (tertiary/aromatic N) is 2. The van der Waals surface area contributed by atoms with Gasteiger partial charge in [-0.2, -0.15) is 0 Å². The van der Waals surface area contributed by atoms with Gasteiger partial charge in [-0.25, -0.2) is 0 Å². The van der Waals surface area contributed by atoms with Gasteiger partial charge in [0, 0.05) is 51.5 Å². The Morgan fingerprint density at radius 1 is 0.923 bits per heavy atom. The predicted octanol–water partition coefficient (Wildman–Crippen LogP) is 5.28. The molecule has 1 N–H and O–H groups in total. The fourth-order valence-electron chi connectivity index (χ4n) is 3.35. The summed E-state index contributed by atoms with van der Waals surface area (Å²) >= 11 is 0. The molecule has 152 valence electrons. The number of rotatable bonds is 3. The molecular weight excluding hydrogens is 318 g/mol. The van der Waals surface area contributed by atoms with Crippen LogP contribution in [0.4, 0.5) is 5.69 Å². The van der Waals surface area contributed by atoms with Crippen molar-refractivity contribution in [2.45, 2.75) is 60.8 Å². The van der Waals surface area contributed by atoms with Crippen molar-refractivity contribution in [3.05, 3.63) is 30.3 Å². The van der Waals surface area contributed by atoms with E-state index in [0.717, 1.165) is 19.0 Å². The highest BCUT2D eigenvalue weighted by Crippen LogP contribution is 2.23. The van der Waals surface area contributed by atoms with Crippen molar-refractivity contribution >= 4 is 5.69 Å². The van der Waals surface area contributed by atoms with Crippen LogP contribution in [0.1, 0.15) is 60.8 Å². The molecule has 0 aliphatic carbocycles. The number of piperazine rings is 1. The van der Waals surface area contributed by atoms with Gasteiger partial charge in [-0.1, -0.05) is 66.2 Å². The molecule has 2 fully saturated rings. The Balaban J connectivity index is 0.000000793. The molecule has 1 unspecified atom stereocenters. The van der Waals surface area contributed by atoms with Crippen molar-refractivity contribution in [1.82, 2.24) is 10.2 Å². The van der Waals surface area contributed by atoms with Crippen LogP contribution in [0.5, 0.6) is 0 Å². The SMILES string of the molecule is CC.CC.CCC.c1ccc(N2CCCC(CN3CCNCC3)C2)cc1. The van der Waals surface area contributed by atoms with Gasteiger partial charge in [-0.05, 0) is 30.9 Å². The van der Waals surface area contributed by atoms with Gasteiger partial charge in [-0.15, -0.1) is 0 Å². The summed E-state index contributed by atoms with van der Waals surface area (Å²) in [7, 11) is 0. The van der Waals surface area contributed by atoms with Gasteiger partial charge >= 0.3 is 0 Å². The van der Waals surface area contributed by atoms with E-state index in [4.69, 9.17) is 0 Å². The first-order valence-corrected chi connectivity index (χ1v) is 11.1. The maximum atomic E-state index is 3.43. The monoisotopic (exact) mass is 363 g/mol. The summed E-state index contributed by atoms with van der Waals surface area (Å²) in [6.45, 7) is 20.8.